The molecule has 0 aliphatic heterocycles. The van der Waals surface area contributed by atoms with E-state index in [4.69, 9.17) is 0 Å². The monoisotopic (exact) mass is 233 g/mol. The normalized spacial score (nSPS) is 11.8. The highest BCUT2D eigenvalue weighted by Gasteiger charge is 2.16. The zero-order valence-electron chi connectivity index (χ0n) is 11.5. The van der Waals surface area contributed by atoms with Crippen molar-refractivity contribution in [2.24, 2.45) is 0 Å². The molecule has 0 heterocycles. The van der Waals surface area contributed by atoms with E-state index in [1.807, 2.05) is 0 Å². The van der Waals surface area contributed by atoms with Gasteiger partial charge in [0.25, 0.3) is 0 Å². The maximum absolute atomic E-state index is 10.3. The Morgan fingerprint density at radius 2 is 1.59 bits per heavy atom. The highest BCUT2D eigenvalue weighted by molar-refractivity contribution is 5.32. The van der Waals surface area contributed by atoms with Gasteiger partial charge in [-0.1, -0.05) is 57.9 Å². The number of rotatable bonds is 6. The predicted octanol–water partition coefficient (Wildman–Crippen LogP) is 4.52. The molecule has 0 unspecified atom stereocenters. The van der Waals surface area contributed by atoms with Crippen LogP contribution in [0.1, 0.15) is 57.6 Å². The summed E-state index contributed by atoms with van der Waals surface area (Å²) in [4.78, 5) is 0. The molecule has 0 saturated carbocycles. The fourth-order valence-corrected chi connectivity index (χ4v) is 2.24. The summed E-state index contributed by atoms with van der Waals surface area (Å²) in [6.45, 7) is 6.88. The van der Waals surface area contributed by atoms with E-state index in [1.54, 1.807) is 0 Å². The molecule has 0 saturated heterocycles. The Bertz CT molecular complexity index is 323. The standard InChI is InChI=1S/C16H25O/c1-16(2,3)15-12-8-7-11-14(15)10-6-4-5-9-13-17/h7-8,11-12H,4-6,9-10,13H2,1-3H3. The molecule has 0 atom stereocenters. The Morgan fingerprint density at radius 3 is 2.24 bits per heavy atom. The smallest absolute Gasteiger partial charge is 0.0822 e. The van der Waals surface area contributed by atoms with Crippen molar-refractivity contribution in [1.29, 1.82) is 0 Å². The molecule has 1 radical (unpaired) electrons. The van der Waals surface area contributed by atoms with Gasteiger partial charge in [-0.05, 0) is 35.8 Å². The zero-order chi connectivity index (χ0) is 12.7. The molecule has 0 aliphatic rings. The van der Waals surface area contributed by atoms with E-state index in [2.05, 4.69) is 45.0 Å². The van der Waals surface area contributed by atoms with Crippen molar-refractivity contribution < 1.29 is 5.11 Å². The van der Waals surface area contributed by atoms with Gasteiger partial charge in [0, 0.05) is 0 Å². The van der Waals surface area contributed by atoms with Gasteiger partial charge < -0.3 is 0 Å². The van der Waals surface area contributed by atoms with Crippen LogP contribution in [0, 0.1) is 0 Å². The Kier molecular flexibility index (Phi) is 5.70. The molecule has 0 spiro atoms. The third-order valence-corrected chi connectivity index (χ3v) is 3.17. The first kappa shape index (κ1) is 14.2. The second kappa shape index (κ2) is 6.80. The lowest BCUT2D eigenvalue weighted by Crippen LogP contribution is -2.14. The molecule has 1 aromatic rings. The van der Waals surface area contributed by atoms with Crippen LogP contribution in [0.2, 0.25) is 0 Å². The Morgan fingerprint density at radius 1 is 0.941 bits per heavy atom. The molecule has 1 aromatic carbocycles. The first-order valence-electron chi connectivity index (χ1n) is 6.72. The quantitative estimate of drug-likeness (QED) is 0.644. The lowest BCUT2D eigenvalue weighted by Gasteiger charge is -2.22. The van der Waals surface area contributed by atoms with Crippen molar-refractivity contribution in [3.63, 3.8) is 0 Å². The number of aryl methyl sites for hydroxylation is 1. The topological polar surface area (TPSA) is 19.9 Å². The van der Waals surface area contributed by atoms with Crippen LogP contribution < -0.4 is 0 Å². The van der Waals surface area contributed by atoms with Crippen LogP contribution >= 0.6 is 0 Å². The Balaban J connectivity index is 2.53. The highest BCUT2D eigenvalue weighted by Crippen LogP contribution is 2.26. The average molecular weight is 233 g/mol. The minimum Gasteiger partial charge on any atom is -0.237 e. The van der Waals surface area contributed by atoms with E-state index < -0.39 is 0 Å². The molecular formula is C16H25O. The third kappa shape index (κ3) is 4.91. The molecule has 0 aliphatic carbocycles. The van der Waals surface area contributed by atoms with Gasteiger partial charge in [0.15, 0.2) is 0 Å². The van der Waals surface area contributed by atoms with Crippen LogP contribution in [0.4, 0.5) is 0 Å². The van der Waals surface area contributed by atoms with E-state index >= 15 is 0 Å². The van der Waals surface area contributed by atoms with Crippen molar-refractivity contribution in [2.75, 3.05) is 6.61 Å². The van der Waals surface area contributed by atoms with Crippen molar-refractivity contribution in [2.45, 2.75) is 58.3 Å². The lowest BCUT2D eigenvalue weighted by molar-refractivity contribution is 0.186. The maximum atomic E-state index is 10.3. The Hall–Kier alpha value is -0.820. The van der Waals surface area contributed by atoms with Gasteiger partial charge in [0.2, 0.25) is 0 Å². The minimum absolute atomic E-state index is 0.0819. The molecule has 1 heteroatoms. The van der Waals surface area contributed by atoms with Crippen LogP contribution in [-0.4, -0.2) is 6.61 Å². The summed E-state index contributed by atoms with van der Waals surface area (Å²) >= 11 is 0. The van der Waals surface area contributed by atoms with Gasteiger partial charge in [-0.15, -0.1) is 0 Å². The number of hydrogen-bond acceptors (Lipinski definition) is 0. The van der Waals surface area contributed by atoms with Crippen LogP contribution in [-0.2, 0) is 16.9 Å². The third-order valence-electron chi connectivity index (χ3n) is 3.17. The van der Waals surface area contributed by atoms with Crippen molar-refractivity contribution >= 4 is 0 Å². The fraction of sp³-hybridized carbons (Fsp3) is 0.625. The van der Waals surface area contributed by atoms with Gasteiger partial charge in [0.05, 0.1) is 6.61 Å². The average Bonchev–Trinajstić information content (AvgIpc) is 2.28. The van der Waals surface area contributed by atoms with Gasteiger partial charge >= 0.3 is 0 Å². The van der Waals surface area contributed by atoms with Gasteiger partial charge in [0.1, 0.15) is 0 Å². The summed E-state index contributed by atoms with van der Waals surface area (Å²) in [5.41, 5.74) is 3.16. The first-order valence-corrected chi connectivity index (χ1v) is 6.72. The summed E-state index contributed by atoms with van der Waals surface area (Å²) in [6.07, 6.45) is 5.45. The largest absolute Gasteiger partial charge is 0.237 e. The van der Waals surface area contributed by atoms with E-state index in [1.165, 1.54) is 24.0 Å². The van der Waals surface area contributed by atoms with Crippen molar-refractivity contribution in [1.82, 2.24) is 0 Å². The Labute approximate surface area is 106 Å². The van der Waals surface area contributed by atoms with Crippen LogP contribution in [0.3, 0.4) is 0 Å². The molecule has 0 N–H and O–H groups in total. The SMILES string of the molecule is CC(C)(C)c1ccccc1CCCCCC[O]. The van der Waals surface area contributed by atoms with Crippen LogP contribution in [0.15, 0.2) is 24.3 Å². The second-order valence-electron chi connectivity index (χ2n) is 5.78. The van der Waals surface area contributed by atoms with Crippen LogP contribution in [0.5, 0.6) is 0 Å². The molecule has 0 fully saturated rings. The number of benzene rings is 1. The summed E-state index contributed by atoms with van der Waals surface area (Å²) in [5, 5.41) is 10.3. The maximum Gasteiger partial charge on any atom is 0.0822 e. The van der Waals surface area contributed by atoms with E-state index in [-0.39, 0.29) is 12.0 Å². The fourth-order valence-electron chi connectivity index (χ4n) is 2.24. The number of hydrogen-bond donors (Lipinski definition) is 0. The van der Waals surface area contributed by atoms with Gasteiger partial charge in [-0.25, -0.2) is 5.11 Å². The van der Waals surface area contributed by atoms with Gasteiger partial charge in [-0.3, -0.25) is 0 Å². The summed E-state index contributed by atoms with van der Waals surface area (Å²) in [5.74, 6) is 0. The van der Waals surface area contributed by atoms with E-state index in [0.29, 0.717) is 0 Å². The summed E-state index contributed by atoms with van der Waals surface area (Å²) < 4.78 is 0. The predicted molar refractivity (Wildman–Crippen MR) is 72.9 cm³/mol. The second-order valence-corrected chi connectivity index (χ2v) is 5.78. The summed E-state index contributed by atoms with van der Waals surface area (Å²) in [6, 6.07) is 8.74. The molecule has 0 aromatic heterocycles. The molecule has 0 amide bonds. The van der Waals surface area contributed by atoms with Crippen molar-refractivity contribution in [3.8, 4) is 0 Å². The van der Waals surface area contributed by atoms with Crippen molar-refractivity contribution in [3.05, 3.63) is 35.4 Å². The molecule has 1 nitrogen and oxygen atoms in total. The molecule has 0 bridgehead atoms. The van der Waals surface area contributed by atoms with Gasteiger partial charge in [-0.2, -0.15) is 0 Å². The molecule has 17 heavy (non-hydrogen) atoms. The minimum atomic E-state index is 0.0819. The molecular weight excluding hydrogens is 208 g/mol. The first-order chi connectivity index (χ1) is 8.05. The molecule has 95 valence electrons. The van der Waals surface area contributed by atoms with E-state index in [0.717, 1.165) is 19.3 Å². The zero-order valence-corrected chi connectivity index (χ0v) is 11.5. The lowest BCUT2D eigenvalue weighted by atomic mass is 9.82. The van der Waals surface area contributed by atoms with E-state index in [9.17, 15) is 5.11 Å². The number of unbranched alkanes of at least 4 members (excludes halogenated alkanes) is 3. The highest BCUT2D eigenvalue weighted by atomic mass is 16.2. The summed E-state index contributed by atoms with van der Waals surface area (Å²) in [7, 11) is 0. The molecule has 1 rings (SSSR count). The van der Waals surface area contributed by atoms with Crippen LogP contribution in [0.25, 0.3) is 0 Å².